The number of rotatable bonds is 4. The molecule has 1 N–H and O–H groups in total. The second kappa shape index (κ2) is 4.13. The normalized spacial score (nSPS) is 14.4. The van der Waals surface area contributed by atoms with Gasteiger partial charge >= 0.3 is 0 Å². The van der Waals surface area contributed by atoms with Crippen molar-refractivity contribution in [2.45, 2.75) is 38.6 Å². The van der Waals surface area contributed by atoms with Crippen LogP contribution in [0.3, 0.4) is 0 Å². The average molecular weight is 195 g/mol. The Morgan fingerprint density at radius 3 is 2.64 bits per heavy atom. The third kappa shape index (κ3) is 2.58. The standard InChI is InChI=1S/C11H21N3/c1-9(12-4)6-11(2,3)10-7-13-14(5)8-10/h7-9,12H,6H2,1-5H3. The third-order valence-electron chi connectivity index (χ3n) is 2.80. The van der Waals surface area contributed by atoms with E-state index in [4.69, 9.17) is 0 Å². The summed E-state index contributed by atoms with van der Waals surface area (Å²) < 4.78 is 1.86. The molecule has 0 aliphatic carbocycles. The molecule has 1 aromatic heterocycles. The monoisotopic (exact) mass is 195 g/mol. The van der Waals surface area contributed by atoms with Crippen LogP contribution in [0.15, 0.2) is 12.4 Å². The van der Waals surface area contributed by atoms with Gasteiger partial charge < -0.3 is 5.32 Å². The Hall–Kier alpha value is -0.830. The highest BCUT2D eigenvalue weighted by Gasteiger charge is 2.23. The van der Waals surface area contributed by atoms with Crippen LogP contribution in [0.1, 0.15) is 32.8 Å². The molecule has 80 valence electrons. The van der Waals surface area contributed by atoms with Gasteiger partial charge in [-0.05, 0) is 31.4 Å². The highest BCUT2D eigenvalue weighted by molar-refractivity contribution is 5.17. The Morgan fingerprint density at radius 2 is 2.21 bits per heavy atom. The molecule has 0 bridgehead atoms. The molecule has 0 radical (unpaired) electrons. The summed E-state index contributed by atoms with van der Waals surface area (Å²) in [6, 6.07) is 0.533. The fourth-order valence-electron chi connectivity index (χ4n) is 1.76. The summed E-state index contributed by atoms with van der Waals surface area (Å²) in [4.78, 5) is 0. The van der Waals surface area contributed by atoms with E-state index in [1.807, 2.05) is 25.0 Å². The first-order valence-electron chi connectivity index (χ1n) is 5.12. The Balaban J connectivity index is 2.74. The van der Waals surface area contributed by atoms with E-state index in [-0.39, 0.29) is 5.41 Å². The Morgan fingerprint density at radius 1 is 1.57 bits per heavy atom. The lowest BCUT2D eigenvalue weighted by Gasteiger charge is -2.26. The largest absolute Gasteiger partial charge is 0.317 e. The fraction of sp³-hybridized carbons (Fsp3) is 0.727. The Labute approximate surface area is 86.5 Å². The van der Waals surface area contributed by atoms with Gasteiger partial charge in [-0.3, -0.25) is 4.68 Å². The minimum absolute atomic E-state index is 0.191. The predicted molar refractivity (Wildman–Crippen MR) is 59.4 cm³/mol. The molecule has 1 aromatic rings. The van der Waals surface area contributed by atoms with Gasteiger partial charge in [0.25, 0.3) is 0 Å². The van der Waals surface area contributed by atoms with Gasteiger partial charge in [-0.1, -0.05) is 13.8 Å². The van der Waals surface area contributed by atoms with Crippen molar-refractivity contribution in [2.75, 3.05) is 7.05 Å². The van der Waals surface area contributed by atoms with E-state index in [2.05, 4.69) is 37.4 Å². The van der Waals surface area contributed by atoms with Crippen LogP contribution in [-0.4, -0.2) is 22.9 Å². The number of hydrogen-bond donors (Lipinski definition) is 1. The maximum atomic E-state index is 4.21. The summed E-state index contributed by atoms with van der Waals surface area (Å²) in [6.45, 7) is 6.73. The minimum atomic E-state index is 0.191. The van der Waals surface area contributed by atoms with Gasteiger partial charge in [-0.25, -0.2) is 0 Å². The number of nitrogens with one attached hydrogen (secondary N) is 1. The van der Waals surface area contributed by atoms with Gasteiger partial charge in [0.15, 0.2) is 0 Å². The molecule has 1 unspecified atom stereocenters. The molecule has 0 amide bonds. The maximum Gasteiger partial charge on any atom is 0.0527 e. The van der Waals surface area contributed by atoms with Crippen molar-refractivity contribution in [3.8, 4) is 0 Å². The van der Waals surface area contributed by atoms with E-state index in [0.29, 0.717) is 6.04 Å². The van der Waals surface area contributed by atoms with Crippen molar-refractivity contribution in [1.29, 1.82) is 0 Å². The second-order valence-corrected chi connectivity index (χ2v) is 4.68. The van der Waals surface area contributed by atoms with Crippen LogP contribution in [0.5, 0.6) is 0 Å². The fourth-order valence-corrected chi connectivity index (χ4v) is 1.76. The van der Waals surface area contributed by atoms with Gasteiger partial charge in [0.2, 0.25) is 0 Å². The van der Waals surface area contributed by atoms with Crippen LogP contribution in [0, 0.1) is 0 Å². The molecule has 3 heteroatoms. The van der Waals surface area contributed by atoms with E-state index in [1.54, 1.807) is 0 Å². The molecule has 0 spiro atoms. The van der Waals surface area contributed by atoms with Crippen molar-refractivity contribution >= 4 is 0 Å². The molecule has 0 aliphatic rings. The summed E-state index contributed by atoms with van der Waals surface area (Å²) in [5.74, 6) is 0. The lowest BCUT2D eigenvalue weighted by Crippen LogP contribution is -2.30. The molecule has 0 saturated carbocycles. The van der Waals surface area contributed by atoms with Crippen LogP contribution in [-0.2, 0) is 12.5 Å². The van der Waals surface area contributed by atoms with Gasteiger partial charge in [0.05, 0.1) is 6.20 Å². The topological polar surface area (TPSA) is 29.9 Å². The number of aromatic nitrogens is 2. The van der Waals surface area contributed by atoms with Crippen molar-refractivity contribution in [3.05, 3.63) is 18.0 Å². The molecule has 1 heterocycles. The molecule has 1 atom stereocenters. The quantitative estimate of drug-likeness (QED) is 0.792. The van der Waals surface area contributed by atoms with Crippen LogP contribution in [0.25, 0.3) is 0 Å². The first-order chi connectivity index (χ1) is 6.45. The molecule has 1 rings (SSSR count). The molecule has 0 saturated heterocycles. The smallest absolute Gasteiger partial charge is 0.0527 e. The highest BCUT2D eigenvalue weighted by atomic mass is 15.2. The van der Waals surface area contributed by atoms with Gasteiger partial charge in [0, 0.05) is 19.3 Å². The molecular formula is C11H21N3. The van der Waals surface area contributed by atoms with Crippen LogP contribution in [0.4, 0.5) is 0 Å². The van der Waals surface area contributed by atoms with Crippen molar-refractivity contribution < 1.29 is 0 Å². The summed E-state index contributed by atoms with van der Waals surface area (Å²) in [5, 5.41) is 7.48. The SMILES string of the molecule is CNC(C)CC(C)(C)c1cnn(C)c1. The number of aryl methyl sites for hydroxylation is 1. The van der Waals surface area contributed by atoms with E-state index >= 15 is 0 Å². The van der Waals surface area contributed by atoms with Crippen molar-refractivity contribution in [1.82, 2.24) is 15.1 Å². The van der Waals surface area contributed by atoms with E-state index < -0.39 is 0 Å². The molecule has 3 nitrogen and oxygen atoms in total. The van der Waals surface area contributed by atoms with Crippen molar-refractivity contribution in [2.24, 2.45) is 7.05 Å². The zero-order chi connectivity index (χ0) is 10.8. The number of hydrogen-bond acceptors (Lipinski definition) is 2. The molecule has 0 aliphatic heterocycles. The third-order valence-corrected chi connectivity index (χ3v) is 2.80. The van der Waals surface area contributed by atoms with E-state index in [9.17, 15) is 0 Å². The predicted octanol–water partition coefficient (Wildman–Crippen LogP) is 1.70. The average Bonchev–Trinajstić information content (AvgIpc) is 2.51. The van der Waals surface area contributed by atoms with E-state index in [0.717, 1.165) is 6.42 Å². The summed E-state index contributed by atoms with van der Waals surface area (Å²) in [7, 11) is 3.96. The molecule has 14 heavy (non-hydrogen) atoms. The zero-order valence-electron chi connectivity index (χ0n) is 9.83. The number of nitrogens with zero attached hydrogens (tertiary/aromatic N) is 2. The molecular weight excluding hydrogens is 174 g/mol. The summed E-state index contributed by atoms with van der Waals surface area (Å²) in [6.07, 6.45) is 5.18. The lowest BCUT2D eigenvalue weighted by molar-refractivity contribution is 0.405. The van der Waals surface area contributed by atoms with E-state index in [1.165, 1.54) is 5.56 Å². The lowest BCUT2D eigenvalue weighted by atomic mass is 9.81. The van der Waals surface area contributed by atoms with Gasteiger partial charge in [0.1, 0.15) is 0 Å². The first-order valence-corrected chi connectivity index (χ1v) is 5.12. The minimum Gasteiger partial charge on any atom is -0.317 e. The second-order valence-electron chi connectivity index (χ2n) is 4.68. The Bertz CT molecular complexity index is 288. The highest BCUT2D eigenvalue weighted by Crippen LogP contribution is 2.27. The van der Waals surface area contributed by atoms with Crippen LogP contribution < -0.4 is 5.32 Å². The molecule has 0 aromatic carbocycles. The van der Waals surface area contributed by atoms with Crippen LogP contribution >= 0.6 is 0 Å². The summed E-state index contributed by atoms with van der Waals surface area (Å²) >= 11 is 0. The van der Waals surface area contributed by atoms with Crippen molar-refractivity contribution in [3.63, 3.8) is 0 Å². The zero-order valence-corrected chi connectivity index (χ0v) is 9.83. The first kappa shape index (κ1) is 11.2. The Kier molecular flexibility index (Phi) is 3.32. The van der Waals surface area contributed by atoms with Gasteiger partial charge in [-0.15, -0.1) is 0 Å². The summed E-state index contributed by atoms with van der Waals surface area (Å²) in [5.41, 5.74) is 1.50. The molecule has 0 fully saturated rings. The van der Waals surface area contributed by atoms with Crippen LogP contribution in [0.2, 0.25) is 0 Å². The maximum absolute atomic E-state index is 4.21. The van der Waals surface area contributed by atoms with Gasteiger partial charge in [-0.2, -0.15) is 5.10 Å².